The minimum absolute atomic E-state index is 0.0664. The summed E-state index contributed by atoms with van der Waals surface area (Å²) in [6.07, 6.45) is 20.5. The van der Waals surface area contributed by atoms with E-state index in [-0.39, 0.29) is 43.0 Å². The number of nitrogens with zero attached hydrogens (tertiary/aromatic N) is 1. The van der Waals surface area contributed by atoms with Gasteiger partial charge >= 0.3 is 12.0 Å². The zero-order valence-corrected chi connectivity index (χ0v) is 29.7. The lowest BCUT2D eigenvalue weighted by Crippen LogP contribution is -2.56. The third-order valence-electron chi connectivity index (χ3n) is 9.34. The standard InChI is InChI=1S/C36H67N3O6/c1-7-8-9-10-11-12-13-14-15-16-17-18-22-26-38-34(42)39(6)29-23-20-19-21-24-30(29)44-31(40)25-27-37-33(41)32-35(2,3)28-43-36(4,5)45-32/h29-30,32H,7-28H2,1-6H3,(H,37,41)(H,38,42). The van der Waals surface area contributed by atoms with E-state index in [0.717, 1.165) is 44.9 Å². The second kappa shape index (κ2) is 21.1. The number of urea groups is 1. The third kappa shape index (κ3) is 15.5. The van der Waals surface area contributed by atoms with Crippen molar-refractivity contribution in [2.24, 2.45) is 5.41 Å². The quantitative estimate of drug-likeness (QED) is 0.0807. The molecule has 3 unspecified atom stereocenters. The van der Waals surface area contributed by atoms with Crippen molar-refractivity contribution < 1.29 is 28.6 Å². The van der Waals surface area contributed by atoms with E-state index in [0.29, 0.717) is 13.2 Å². The van der Waals surface area contributed by atoms with Crippen LogP contribution in [0.2, 0.25) is 0 Å². The summed E-state index contributed by atoms with van der Waals surface area (Å²) < 4.78 is 17.5. The summed E-state index contributed by atoms with van der Waals surface area (Å²) in [4.78, 5) is 40.4. The Hall–Kier alpha value is -1.87. The van der Waals surface area contributed by atoms with Crippen LogP contribution in [0.5, 0.6) is 0 Å². The van der Waals surface area contributed by atoms with Crippen molar-refractivity contribution in [3.63, 3.8) is 0 Å². The number of unbranched alkanes of at least 4 members (excludes halogenated alkanes) is 12. The molecule has 1 saturated carbocycles. The number of hydrogen-bond donors (Lipinski definition) is 2. The van der Waals surface area contributed by atoms with Crippen LogP contribution in [0.25, 0.3) is 0 Å². The highest BCUT2D eigenvalue weighted by Gasteiger charge is 2.45. The molecule has 0 spiro atoms. The minimum atomic E-state index is -0.838. The minimum Gasteiger partial charge on any atom is -0.460 e. The van der Waals surface area contributed by atoms with Gasteiger partial charge in [-0.05, 0) is 39.5 Å². The smallest absolute Gasteiger partial charge is 0.317 e. The molecule has 1 saturated heterocycles. The van der Waals surface area contributed by atoms with E-state index in [2.05, 4.69) is 17.6 Å². The van der Waals surface area contributed by atoms with E-state index in [9.17, 15) is 14.4 Å². The van der Waals surface area contributed by atoms with Crippen LogP contribution in [0.3, 0.4) is 0 Å². The van der Waals surface area contributed by atoms with E-state index in [1.807, 2.05) is 20.9 Å². The van der Waals surface area contributed by atoms with Crippen molar-refractivity contribution in [3.8, 4) is 0 Å². The van der Waals surface area contributed by atoms with Crippen LogP contribution in [0.15, 0.2) is 0 Å². The Morgan fingerprint density at radius 3 is 1.98 bits per heavy atom. The normalized spacial score (nSPS) is 22.7. The average Bonchev–Trinajstić information content (AvgIpc) is 3.23. The summed E-state index contributed by atoms with van der Waals surface area (Å²) in [5, 5.41) is 5.93. The lowest BCUT2D eigenvalue weighted by molar-refractivity contribution is -0.304. The summed E-state index contributed by atoms with van der Waals surface area (Å²) >= 11 is 0. The highest BCUT2D eigenvalue weighted by atomic mass is 16.7. The first-order valence-electron chi connectivity index (χ1n) is 18.3. The van der Waals surface area contributed by atoms with Gasteiger partial charge < -0.3 is 29.7 Å². The number of nitrogens with one attached hydrogen (secondary N) is 2. The van der Waals surface area contributed by atoms with Gasteiger partial charge in [0.1, 0.15) is 12.2 Å². The van der Waals surface area contributed by atoms with Crippen molar-refractivity contribution in [2.45, 2.75) is 181 Å². The van der Waals surface area contributed by atoms with Gasteiger partial charge in [0.15, 0.2) is 5.79 Å². The van der Waals surface area contributed by atoms with E-state index < -0.39 is 17.3 Å². The monoisotopic (exact) mass is 638 g/mol. The molecule has 262 valence electrons. The number of ether oxygens (including phenoxy) is 3. The molecule has 3 amide bonds. The summed E-state index contributed by atoms with van der Waals surface area (Å²) in [6.45, 7) is 11.0. The lowest BCUT2D eigenvalue weighted by Gasteiger charge is -2.44. The SMILES string of the molecule is CCCCCCCCCCCCCCCNC(=O)N(C)C1CCCCCC1OC(=O)CCNC(=O)C1OC(C)(C)OCC1(C)C. The topological polar surface area (TPSA) is 106 Å². The predicted octanol–water partition coefficient (Wildman–Crippen LogP) is 7.65. The molecule has 2 fully saturated rings. The van der Waals surface area contributed by atoms with Crippen LogP contribution < -0.4 is 10.6 Å². The Labute approximate surface area is 274 Å². The van der Waals surface area contributed by atoms with Crippen LogP contribution in [0.1, 0.15) is 157 Å². The zero-order chi connectivity index (χ0) is 33.1. The molecule has 2 rings (SSSR count). The number of likely N-dealkylation sites (N-methyl/N-ethyl adjacent to an activating group) is 1. The van der Waals surface area contributed by atoms with Crippen molar-refractivity contribution in [2.75, 3.05) is 26.7 Å². The highest BCUT2D eigenvalue weighted by Crippen LogP contribution is 2.35. The molecule has 9 heteroatoms. The number of carbonyl (C=O) groups excluding carboxylic acids is 3. The Morgan fingerprint density at radius 2 is 1.36 bits per heavy atom. The number of esters is 1. The second-order valence-electron chi connectivity index (χ2n) is 14.5. The van der Waals surface area contributed by atoms with Gasteiger partial charge in [0.25, 0.3) is 0 Å². The van der Waals surface area contributed by atoms with Gasteiger partial charge in [-0.2, -0.15) is 0 Å². The summed E-state index contributed by atoms with van der Waals surface area (Å²) in [6, 6.07) is -0.257. The Bertz CT molecular complexity index is 864. The molecule has 1 aliphatic heterocycles. The van der Waals surface area contributed by atoms with Gasteiger partial charge in [-0.3, -0.25) is 9.59 Å². The molecule has 1 aliphatic carbocycles. The number of hydrogen-bond acceptors (Lipinski definition) is 6. The van der Waals surface area contributed by atoms with Crippen LogP contribution in [0, 0.1) is 5.41 Å². The number of carbonyl (C=O) groups is 3. The Morgan fingerprint density at radius 1 is 0.778 bits per heavy atom. The van der Waals surface area contributed by atoms with Gasteiger partial charge in [0.2, 0.25) is 5.91 Å². The molecule has 0 aromatic carbocycles. The van der Waals surface area contributed by atoms with Crippen molar-refractivity contribution >= 4 is 17.9 Å². The largest absolute Gasteiger partial charge is 0.460 e. The predicted molar refractivity (Wildman–Crippen MR) is 180 cm³/mol. The van der Waals surface area contributed by atoms with E-state index >= 15 is 0 Å². The number of rotatable bonds is 20. The fourth-order valence-corrected chi connectivity index (χ4v) is 6.38. The Kier molecular flexibility index (Phi) is 18.4. The molecule has 0 aromatic heterocycles. The fourth-order valence-electron chi connectivity index (χ4n) is 6.38. The van der Waals surface area contributed by atoms with Crippen molar-refractivity contribution in [1.29, 1.82) is 0 Å². The first-order valence-corrected chi connectivity index (χ1v) is 18.3. The molecule has 45 heavy (non-hydrogen) atoms. The zero-order valence-electron chi connectivity index (χ0n) is 29.7. The van der Waals surface area contributed by atoms with E-state index in [1.54, 1.807) is 18.7 Å². The summed E-state index contributed by atoms with van der Waals surface area (Å²) in [5.41, 5.74) is -0.481. The summed E-state index contributed by atoms with van der Waals surface area (Å²) in [7, 11) is 1.81. The van der Waals surface area contributed by atoms with Crippen LogP contribution >= 0.6 is 0 Å². The molecule has 0 radical (unpaired) electrons. The Balaban J connectivity index is 1.65. The molecule has 0 bridgehead atoms. The maximum atomic E-state index is 13.0. The van der Waals surface area contributed by atoms with Gasteiger partial charge in [0.05, 0.1) is 19.1 Å². The first-order chi connectivity index (χ1) is 21.5. The van der Waals surface area contributed by atoms with Gasteiger partial charge in [-0.1, -0.05) is 111 Å². The lowest BCUT2D eigenvalue weighted by atomic mass is 9.85. The van der Waals surface area contributed by atoms with E-state index in [4.69, 9.17) is 14.2 Å². The third-order valence-corrected chi connectivity index (χ3v) is 9.34. The number of amides is 3. The molecular formula is C36H67N3O6. The van der Waals surface area contributed by atoms with Gasteiger partial charge in [-0.25, -0.2) is 4.79 Å². The van der Waals surface area contributed by atoms with Crippen LogP contribution in [-0.2, 0) is 23.8 Å². The van der Waals surface area contributed by atoms with Crippen molar-refractivity contribution in [1.82, 2.24) is 15.5 Å². The van der Waals surface area contributed by atoms with Crippen LogP contribution in [0.4, 0.5) is 4.79 Å². The maximum absolute atomic E-state index is 13.0. The molecular weight excluding hydrogens is 570 g/mol. The van der Waals surface area contributed by atoms with Crippen LogP contribution in [-0.4, -0.2) is 73.6 Å². The van der Waals surface area contributed by atoms with Crippen molar-refractivity contribution in [3.05, 3.63) is 0 Å². The molecule has 1 heterocycles. The maximum Gasteiger partial charge on any atom is 0.317 e. The molecule has 3 atom stereocenters. The molecule has 2 N–H and O–H groups in total. The molecule has 2 aliphatic rings. The van der Waals surface area contributed by atoms with Gasteiger partial charge in [-0.15, -0.1) is 0 Å². The highest BCUT2D eigenvalue weighted by molar-refractivity contribution is 5.82. The molecule has 0 aromatic rings. The first kappa shape index (κ1) is 39.3. The fraction of sp³-hybridized carbons (Fsp3) is 0.917. The molecule has 9 nitrogen and oxygen atoms in total. The second-order valence-corrected chi connectivity index (χ2v) is 14.5. The summed E-state index contributed by atoms with van der Waals surface area (Å²) in [5.74, 6) is -1.45. The van der Waals surface area contributed by atoms with Gasteiger partial charge in [0, 0.05) is 25.6 Å². The average molecular weight is 638 g/mol. The van der Waals surface area contributed by atoms with E-state index in [1.165, 1.54) is 70.6 Å².